The summed E-state index contributed by atoms with van der Waals surface area (Å²) in [5.74, 6) is -0.573. The first kappa shape index (κ1) is 16.1. The molecule has 22 heavy (non-hydrogen) atoms. The Morgan fingerprint density at radius 2 is 2.23 bits per heavy atom. The Bertz CT molecular complexity index is 694. The van der Waals surface area contributed by atoms with E-state index in [9.17, 15) is 10.1 Å². The van der Waals surface area contributed by atoms with Crippen molar-refractivity contribution < 1.29 is 14.3 Å². The van der Waals surface area contributed by atoms with Gasteiger partial charge in [0.05, 0.1) is 18.1 Å². The minimum atomic E-state index is -0.525. The highest BCUT2D eigenvalue weighted by Crippen LogP contribution is 2.42. The van der Waals surface area contributed by atoms with Gasteiger partial charge < -0.3 is 15.2 Å². The summed E-state index contributed by atoms with van der Waals surface area (Å²) in [7, 11) is 0. The van der Waals surface area contributed by atoms with Crippen LogP contribution in [0.15, 0.2) is 34.9 Å². The number of thiophene rings is 1. The van der Waals surface area contributed by atoms with Crippen LogP contribution in [0.3, 0.4) is 0 Å². The quantitative estimate of drug-likeness (QED) is 0.863. The van der Waals surface area contributed by atoms with E-state index in [-0.39, 0.29) is 18.1 Å². The fourth-order valence-corrected chi connectivity index (χ4v) is 3.45. The molecule has 0 spiro atoms. The molecule has 0 radical (unpaired) electrons. The Kier molecular flexibility index (Phi) is 4.88. The van der Waals surface area contributed by atoms with Crippen LogP contribution in [0, 0.1) is 11.3 Å². The van der Waals surface area contributed by atoms with E-state index in [1.807, 2.05) is 12.1 Å². The Morgan fingerprint density at radius 3 is 2.77 bits per heavy atom. The number of nitrogens with two attached hydrogens (primary N) is 1. The van der Waals surface area contributed by atoms with Gasteiger partial charge in [0.1, 0.15) is 17.4 Å². The van der Waals surface area contributed by atoms with E-state index in [2.05, 4.69) is 13.0 Å². The second kappa shape index (κ2) is 6.67. The van der Waals surface area contributed by atoms with Crippen LogP contribution in [-0.2, 0) is 20.7 Å². The van der Waals surface area contributed by atoms with E-state index in [0.717, 1.165) is 11.3 Å². The van der Waals surface area contributed by atoms with Crippen LogP contribution in [0.2, 0.25) is 0 Å². The van der Waals surface area contributed by atoms with Gasteiger partial charge in [-0.05, 0) is 32.4 Å². The SMILES string of the molecule is CCOC(=O)C1=C(C)OC(N)=C(C#N)[C@H]1c1ccc(CC)s1. The molecule has 2 rings (SSSR count). The van der Waals surface area contributed by atoms with E-state index in [1.54, 1.807) is 25.2 Å². The second-order valence-corrected chi connectivity index (χ2v) is 5.97. The maximum absolute atomic E-state index is 12.3. The lowest BCUT2D eigenvalue weighted by Crippen LogP contribution is -2.25. The zero-order chi connectivity index (χ0) is 16.3. The molecule has 1 aliphatic heterocycles. The van der Waals surface area contributed by atoms with Crippen molar-refractivity contribution in [1.29, 1.82) is 5.26 Å². The zero-order valence-corrected chi connectivity index (χ0v) is 13.6. The highest BCUT2D eigenvalue weighted by atomic mass is 32.1. The number of nitriles is 1. The standard InChI is InChI=1S/C16H18N2O3S/c1-4-10-6-7-12(22-10)14-11(8-17)15(18)21-9(3)13(14)16(19)20-5-2/h6-7,14H,4-5,18H2,1-3H3/t14-/m0/s1. The fraction of sp³-hybridized carbons (Fsp3) is 0.375. The molecule has 1 aromatic heterocycles. The predicted octanol–water partition coefficient (Wildman–Crippen LogP) is 2.96. The van der Waals surface area contributed by atoms with Crippen LogP contribution >= 0.6 is 11.3 Å². The largest absolute Gasteiger partial charge is 0.463 e. The van der Waals surface area contributed by atoms with Gasteiger partial charge in [0.2, 0.25) is 5.88 Å². The topological polar surface area (TPSA) is 85.3 Å². The first-order valence-electron chi connectivity index (χ1n) is 7.07. The number of aryl methyl sites for hydroxylation is 1. The molecule has 0 amide bonds. The van der Waals surface area contributed by atoms with E-state index < -0.39 is 11.9 Å². The maximum Gasteiger partial charge on any atom is 0.338 e. The molecule has 0 bridgehead atoms. The van der Waals surface area contributed by atoms with Gasteiger partial charge in [0.15, 0.2) is 0 Å². The van der Waals surface area contributed by atoms with E-state index in [4.69, 9.17) is 15.2 Å². The van der Waals surface area contributed by atoms with Crippen molar-refractivity contribution in [2.24, 2.45) is 5.73 Å². The van der Waals surface area contributed by atoms with Crippen LogP contribution < -0.4 is 5.73 Å². The van der Waals surface area contributed by atoms with Crippen LogP contribution in [0.5, 0.6) is 0 Å². The number of carbonyl (C=O) groups excluding carboxylic acids is 1. The van der Waals surface area contributed by atoms with Crippen LogP contribution in [0.1, 0.15) is 36.4 Å². The van der Waals surface area contributed by atoms with Crippen molar-refractivity contribution in [3.63, 3.8) is 0 Å². The molecule has 6 heteroatoms. The molecule has 0 aliphatic carbocycles. The summed E-state index contributed by atoms with van der Waals surface area (Å²) in [5.41, 5.74) is 6.43. The van der Waals surface area contributed by atoms with E-state index >= 15 is 0 Å². The molecule has 1 aliphatic rings. The molecular weight excluding hydrogens is 300 g/mol. The summed E-state index contributed by atoms with van der Waals surface area (Å²) in [4.78, 5) is 14.4. The van der Waals surface area contributed by atoms with Gasteiger partial charge in [-0.1, -0.05) is 6.92 Å². The van der Waals surface area contributed by atoms with Gasteiger partial charge >= 0.3 is 5.97 Å². The number of rotatable bonds is 4. The third-order valence-electron chi connectivity index (χ3n) is 3.42. The molecule has 1 atom stereocenters. The number of hydrogen-bond acceptors (Lipinski definition) is 6. The normalized spacial score (nSPS) is 18.0. The molecule has 2 heterocycles. The lowest BCUT2D eigenvalue weighted by atomic mass is 9.87. The van der Waals surface area contributed by atoms with Gasteiger partial charge in [-0.25, -0.2) is 4.79 Å². The van der Waals surface area contributed by atoms with Gasteiger partial charge in [-0.2, -0.15) is 5.26 Å². The summed E-state index contributed by atoms with van der Waals surface area (Å²) in [6.07, 6.45) is 0.895. The third-order valence-corrected chi connectivity index (χ3v) is 4.71. The summed E-state index contributed by atoms with van der Waals surface area (Å²) >= 11 is 1.56. The lowest BCUT2D eigenvalue weighted by Gasteiger charge is -2.25. The van der Waals surface area contributed by atoms with E-state index in [1.165, 1.54) is 4.88 Å². The summed E-state index contributed by atoms with van der Waals surface area (Å²) < 4.78 is 10.5. The molecule has 116 valence electrons. The summed E-state index contributed by atoms with van der Waals surface area (Å²) in [6, 6.07) is 6.00. The lowest BCUT2D eigenvalue weighted by molar-refractivity contribution is -0.139. The summed E-state index contributed by atoms with van der Waals surface area (Å²) in [5, 5.41) is 9.43. The molecule has 0 fully saturated rings. The molecule has 0 unspecified atom stereocenters. The second-order valence-electron chi connectivity index (χ2n) is 4.77. The number of allylic oxidation sites excluding steroid dienone is 2. The van der Waals surface area contributed by atoms with Crippen molar-refractivity contribution in [2.45, 2.75) is 33.1 Å². The Morgan fingerprint density at radius 1 is 1.50 bits per heavy atom. The van der Waals surface area contributed by atoms with Crippen LogP contribution in [0.25, 0.3) is 0 Å². The minimum Gasteiger partial charge on any atom is -0.463 e. The molecule has 5 nitrogen and oxygen atoms in total. The first-order valence-corrected chi connectivity index (χ1v) is 7.89. The smallest absolute Gasteiger partial charge is 0.338 e. The third kappa shape index (κ3) is 2.85. The number of nitrogens with zero attached hydrogens (tertiary/aromatic N) is 1. The molecule has 1 aromatic rings. The first-order chi connectivity index (χ1) is 10.5. The van der Waals surface area contributed by atoms with E-state index in [0.29, 0.717) is 11.3 Å². The van der Waals surface area contributed by atoms with Crippen LogP contribution in [0.4, 0.5) is 0 Å². The molecule has 0 saturated carbocycles. The van der Waals surface area contributed by atoms with Crippen molar-refractivity contribution in [2.75, 3.05) is 6.61 Å². The van der Waals surface area contributed by atoms with Gasteiger partial charge in [0, 0.05) is 9.75 Å². The van der Waals surface area contributed by atoms with Gasteiger partial charge in [-0.3, -0.25) is 0 Å². The average Bonchev–Trinajstić information content (AvgIpc) is 2.95. The Balaban J connectivity index is 2.56. The Labute approximate surface area is 133 Å². The number of ether oxygens (including phenoxy) is 2. The maximum atomic E-state index is 12.3. The molecule has 0 saturated heterocycles. The number of carbonyl (C=O) groups is 1. The van der Waals surface area contributed by atoms with Crippen molar-refractivity contribution >= 4 is 17.3 Å². The fourth-order valence-electron chi connectivity index (χ4n) is 2.38. The highest BCUT2D eigenvalue weighted by Gasteiger charge is 2.37. The Hall–Kier alpha value is -2.26. The predicted molar refractivity (Wildman–Crippen MR) is 83.7 cm³/mol. The van der Waals surface area contributed by atoms with Crippen molar-refractivity contribution in [3.8, 4) is 6.07 Å². The summed E-state index contributed by atoms with van der Waals surface area (Å²) in [6.45, 7) is 5.72. The van der Waals surface area contributed by atoms with Crippen LogP contribution in [-0.4, -0.2) is 12.6 Å². The monoisotopic (exact) mass is 318 g/mol. The van der Waals surface area contributed by atoms with Crippen molar-refractivity contribution in [3.05, 3.63) is 44.7 Å². The average molecular weight is 318 g/mol. The van der Waals surface area contributed by atoms with Gasteiger partial charge in [0.25, 0.3) is 0 Å². The number of hydrogen-bond donors (Lipinski definition) is 1. The van der Waals surface area contributed by atoms with Crippen molar-refractivity contribution in [1.82, 2.24) is 0 Å². The van der Waals surface area contributed by atoms with Gasteiger partial charge in [-0.15, -0.1) is 11.3 Å². The minimum absolute atomic E-state index is 0.0458. The zero-order valence-electron chi connectivity index (χ0n) is 12.8. The highest BCUT2D eigenvalue weighted by molar-refractivity contribution is 7.12. The molecule has 0 aromatic carbocycles. The molecule has 2 N–H and O–H groups in total. The number of esters is 1. The molecular formula is C16H18N2O3S.